The summed E-state index contributed by atoms with van der Waals surface area (Å²) < 4.78 is 0. The van der Waals surface area contributed by atoms with Crippen LogP contribution in [0.15, 0.2) is 0 Å². The third-order valence-electron chi connectivity index (χ3n) is 3.41. The Kier molecular flexibility index (Phi) is 2.77. The van der Waals surface area contributed by atoms with Gasteiger partial charge in [-0.3, -0.25) is 4.79 Å². The molecule has 1 amide bonds. The normalized spacial score (nSPS) is 32.1. The minimum atomic E-state index is 0.149. The largest absolute Gasteiger partial charge is 0.338 e. The van der Waals surface area contributed by atoms with Crippen molar-refractivity contribution in [3.8, 4) is 0 Å². The highest BCUT2D eigenvalue weighted by Crippen LogP contribution is 2.26. The molecule has 0 aromatic carbocycles. The Labute approximate surface area is 85.8 Å². The van der Waals surface area contributed by atoms with Gasteiger partial charge in [-0.15, -0.1) is 0 Å². The standard InChI is InChI=1S/C11H20N2O/c1-8(2)11(14)13-7-5-9-10(13)4-3-6-12-9/h8-10,12H,3-7H2,1-2H3. The van der Waals surface area contributed by atoms with Crippen molar-refractivity contribution in [2.45, 2.75) is 45.2 Å². The van der Waals surface area contributed by atoms with Crippen molar-refractivity contribution in [1.29, 1.82) is 0 Å². The zero-order chi connectivity index (χ0) is 10.1. The van der Waals surface area contributed by atoms with Gasteiger partial charge >= 0.3 is 0 Å². The topological polar surface area (TPSA) is 32.3 Å². The van der Waals surface area contributed by atoms with E-state index in [0.717, 1.165) is 19.5 Å². The molecule has 3 heteroatoms. The lowest BCUT2D eigenvalue weighted by Crippen LogP contribution is -2.49. The van der Waals surface area contributed by atoms with E-state index in [-0.39, 0.29) is 5.92 Å². The first-order valence-corrected chi connectivity index (χ1v) is 5.74. The van der Waals surface area contributed by atoms with Crippen LogP contribution in [0.5, 0.6) is 0 Å². The molecule has 0 aromatic heterocycles. The van der Waals surface area contributed by atoms with E-state index in [2.05, 4.69) is 10.2 Å². The number of amides is 1. The van der Waals surface area contributed by atoms with Gasteiger partial charge in [-0.1, -0.05) is 13.8 Å². The molecule has 2 rings (SSSR count). The lowest BCUT2D eigenvalue weighted by Gasteiger charge is -2.33. The summed E-state index contributed by atoms with van der Waals surface area (Å²) in [7, 11) is 0. The summed E-state index contributed by atoms with van der Waals surface area (Å²) in [6, 6.07) is 1.06. The van der Waals surface area contributed by atoms with Gasteiger partial charge in [0, 0.05) is 24.5 Å². The van der Waals surface area contributed by atoms with E-state index in [0.29, 0.717) is 18.0 Å². The first kappa shape index (κ1) is 9.97. The molecule has 0 saturated carbocycles. The van der Waals surface area contributed by atoms with Crippen molar-refractivity contribution < 1.29 is 4.79 Å². The number of fused-ring (bicyclic) bond motifs is 1. The Morgan fingerprint density at radius 1 is 1.43 bits per heavy atom. The van der Waals surface area contributed by atoms with E-state index >= 15 is 0 Å². The molecule has 2 unspecified atom stereocenters. The summed E-state index contributed by atoms with van der Waals surface area (Å²) >= 11 is 0. The van der Waals surface area contributed by atoms with Crippen LogP contribution in [0.1, 0.15) is 33.1 Å². The molecule has 2 aliphatic rings. The maximum absolute atomic E-state index is 11.9. The van der Waals surface area contributed by atoms with Crippen LogP contribution in [0, 0.1) is 5.92 Å². The average molecular weight is 196 g/mol. The van der Waals surface area contributed by atoms with Crippen LogP contribution in [0.25, 0.3) is 0 Å². The van der Waals surface area contributed by atoms with Crippen molar-refractivity contribution in [3.05, 3.63) is 0 Å². The maximum Gasteiger partial charge on any atom is 0.225 e. The molecule has 0 aliphatic carbocycles. The van der Waals surface area contributed by atoms with Crippen LogP contribution in [-0.2, 0) is 4.79 Å². The fraction of sp³-hybridized carbons (Fsp3) is 0.909. The predicted molar refractivity (Wildman–Crippen MR) is 56.0 cm³/mol. The van der Waals surface area contributed by atoms with Gasteiger partial charge in [0.1, 0.15) is 0 Å². The predicted octanol–water partition coefficient (Wildman–Crippen LogP) is 0.995. The summed E-state index contributed by atoms with van der Waals surface area (Å²) in [5.74, 6) is 0.483. The Hall–Kier alpha value is -0.570. The summed E-state index contributed by atoms with van der Waals surface area (Å²) in [6.07, 6.45) is 3.54. The first-order valence-electron chi connectivity index (χ1n) is 5.74. The number of nitrogens with one attached hydrogen (secondary N) is 1. The number of hydrogen-bond donors (Lipinski definition) is 1. The molecule has 0 aromatic rings. The number of likely N-dealkylation sites (tertiary alicyclic amines) is 1. The highest BCUT2D eigenvalue weighted by molar-refractivity contribution is 5.78. The Morgan fingerprint density at radius 3 is 2.93 bits per heavy atom. The minimum absolute atomic E-state index is 0.149. The molecule has 1 N–H and O–H groups in total. The fourth-order valence-corrected chi connectivity index (χ4v) is 2.65. The van der Waals surface area contributed by atoms with E-state index in [9.17, 15) is 4.79 Å². The van der Waals surface area contributed by atoms with Crippen molar-refractivity contribution in [1.82, 2.24) is 10.2 Å². The van der Waals surface area contributed by atoms with E-state index in [1.165, 1.54) is 12.8 Å². The zero-order valence-electron chi connectivity index (χ0n) is 9.12. The molecule has 2 heterocycles. The minimum Gasteiger partial charge on any atom is -0.338 e. The SMILES string of the molecule is CC(C)C(=O)N1CCC2NCCCC21. The Bertz CT molecular complexity index is 227. The quantitative estimate of drug-likeness (QED) is 0.678. The van der Waals surface area contributed by atoms with Crippen molar-refractivity contribution in [3.63, 3.8) is 0 Å². The smallest absolute Gasteiger partial charge is 0.225 e. The molecular weight excluding hydrogens is 176 g/mol. The monoisotopic (exact) mass is 196 g/mol. The first-order chi connectivity index (χ1) is 6.70. The molecule has 2 aliphatic heterocycles. The number of carbonyl (C=O) groups excluding carboxylic acids is 1. The second-order valence-electron chi connectivity index (χ2n) is 4.75. The van der Waals surface area contributed by atoms with Crippen LogP contribution in [-0.4, -0.2) is 36.0 Å². The molecule has 3 nitrogen and oxygen atoms in total. The third kappa shape index (κ3) is 1.65. The van der Waals surface area contributed by atoms with Crippen LogP contribution < -0.4 is 5.32 Å². The third-order valence-corrected chi connectivity index (χ3v) is 3.41. The summed E-state index contributed by atoms with van der Waals surface area (Å²) in [5.41, 5.74) is 0. The highest BCUT2D eigenvalue weighted by Gasteiger charge is 2.38. The van der Waals surface area contributed by atoms with E-state index < -0.39 is 0 Å². The molecular formula is C11H20N2O. The number of rotatable bonds is 1. The van der Waals surface area contributed by atoms with Gasteiger partial charge in [-0.05, 0) is 25.8 Å². The van der Waals surface area contributed by atoms with E-state index in [1.54, 1.807) is 0 Å². The molecule has 2 atom stereocenters. The summed E-state index contributed by atoms with van der Waals surface area (Å²) in [6.45, 7) is 6.07. The van der Waals surface area contributed by atoms with Gasteiger partial charge in [-0.25, -0.2) is 0 Å². The lowest BCUT2D eigenvalue weighted by molar-refractivity contribution is -0.135. The van der Waals surface area contributed by atoms with E-state index in [1.807, 2.05) is 13.8 Å². The van der Waals surface area contributed by atoms with Gasteiger partial charge in [0.15, 0.2) is 0 Å². The molecule has 0 radical (unpaired) electrons. The summed E-state index contributed by atoms with van der Waals surface area (Å²) in [5, 5.41) is 3.51. The summed E-state index contributed by atoms with van der Waals surface area (Å²) in [4.78, 5) is 14.0. The van der Waals surface area contributed by atoms with Crippen LogP contribution in [0.4, 0.5) is 0 Å². The fourth-order valence-electron chi connectivity index (χ4n) is 2.65. The van der Waals surface area contributed by atoms with Gasteiger partial charge in [0.2, 0.25) is 5.91 Å². The maximum atomic E-state index is 11.9. The van der Waals surface area contributed by atoms with Crippen molar-refractivity contribution >= 4 is 5.91 Å². The number of hydrogen-bond acceptors (Lipinski definition) is 2. The van der Waals surface area contributed by atoms with Crippen LogP contribution >= 0.6 is 0 Å². The Balaban J connectivity index is 2.03. The lowest BCUT2D eigenvalue weighted by atomic mass is 9.99. The van der Waals surface area contributed by atoms with Crippen LogP contribution in [0.2, 0.25) is 0 Å². The van der Waals surface area contributed by atoms with E-state index in [4.69, 9.17) is 0 Å². The molecule has 0 bridgehead atoms. The Morgan fingerprint density at radius 2 is 2.21 bits per heavy atom. The molecule has 2 saturated heterocycles. The van der Waals surface area contributed by atoms with Crippen molar-refractivity contribution in [2.24, 2.45) is 5.92 Å². The molecule has 0 spiro atoms. The van der Waals surface area contributed by atoms with Crippen molar-refractivity contribution in [2.75, 3.05) is 13.1 Å². The average Bonchev–Trinajstić information content (AvgIpc) is 2.60. The second kappa shape index (κ2) is 3.89. The van der Waals surface area contributed by atoms with Gasteiger partial charge in [0.25, 0.3) is 0 Å². The van der Waals surface area contributed by atoms with Crippen LogP contribution in [0.3, 0.4) is 0 Å². The number of nitrogens with zero attached hydrogens (tertiary/aromatic N) is 1. The zero-order valence-corrected chi connectivity index (χ0v) is 9.12. The molecule has 80 valence electrons. The molecule has 2 fully saturated rings. The number of piperidine rings is 1. The molecule has 14 heavy (non-hydrogen) atoms. The van der Waals surface area contributed by atoms with Gasteiger partial charge < -0.3 is 10.2 Å². The highest BCUT2D eigenvalue weighted by atomic mass is 16.2. The second-order valence-corrected chi connectivity index (χ2v) is 4.75. The number of carbonyl (C=O) groups is 1. The van der Waals surface area contributed by atoms with Gasteiger partial charge in [-0.2, -0.15) is 0 Å². The van der Waals surface area contributed by atoms with Gasteiger partial charge in [0.05, 0.1) is 0 Å².